The third kappa shape index (κ3) is 5.76. The molecule has 0 spiro atoms. The predicted molar refractivity (Wildman–Crippen MR) is 246 cm³/mol. The monoisotopic (exact) mass is 753 g/mol. The maximum Gasteiger partial charge on any atom is 0.159 e. The van der Waals surface area contributed by atoms with Gasteiger partial charge in [-0.15, -0.1) is 0 Å². The van der Waals surface area contributed by atoms with Gasteiger partial charge in [-0.05, 0) is 113 Å². The molecule has 1 atom stereocenters. The van der Waals surface area contributed by atoms with Gasteiger partial charge >= 0.3 is 0 Å². The lowest BCUT2D eigenvalue weighted by Gasteiger charge is -2.24. The first-order valence-electron chi connectivity index (χ1n) is 20.1. The molecule has 4 heteroatoms. The molecule has 276 valence electrons. The van der Waals surface area contributed by atoms with E-state index in [9.17, 15) is 0 Å². The highest BCUT2D eigenvalue weighted by Gasteiger charge is 2.23. The molecule has 0 bridgehead atoms. The minimum atomic E-state index is -0.347. The number of fused-ring (bicyclic) bond motifs is 8. The van der Waals surface area contributed by atoms with Crippen molar-refractivity contribution >= 4 is 76.7 Å². The number of hydrogen-bond acceptors (Lipinski definition) is 4. The molecule has 0 fully saturated rings. The zero-order valence-corrected chi connectivity index (χ0v) is 31.9. The second kappa shape index (κ2) is 13.4. The van der Waals surface area contributed by atoms with Crippen molar-refractivity contribution in [1.29, 1.82) is 0 Å². The van der Waals surface area contributed by atoms with E-state index in [-0.39, 0.29) is 6.17 Å². The maximum atomic E-state index is 6.46. The Morgan fingerprint density at radius 2 is 1.02 bits per heavy atom. The molecular weight excluding hydrogens is 719 g/mol. The molecule has 0 radical (unpaired) electrons. The van der Waals surface area contributed by atoms with Crippen LogP contribution in [0, 0.1) is 0 Å². The van der Waals surface area contributed by atoms with Crippen molar-refractivity contribution in [2.75, 3.05) is 0 Å². The Hall–Kier alpha value is -7.82. The molecule has 59 heavy (non-hydrogen) atoms. The predicted octanol–water partition coefficient (Wildman–Crippen LogP) is 14.0. The van der Waals surface area contributed by atoms with Gasteiger partial charge in [0.1, 0.15) is 23.2 Å². The van der Waals surface area contributed by atoms with Crippen LogP contribution in [0.15, 0.2) is 215 Å². The summed E-state index contributed by atoms with van der Waals surface area (Å²) in [6.45, 7) is 0. The number of nitrogens with one attached hydrogen (secondary N) is 1. The van der Waals surface area contributed by atoms with Crippen molar-refractivity contribution in [2.24, 2.45) is 9.98 Å². The van der Waals surface area contributed by atoms with Crippen LogP contribution in [0.2, 0.25) is 0 Å². The van der Waals surface area contributed by atoms with Crippen LogP contribution in [0.3, 0.4) is 0 Å². The number of aliphatic imine (C=N–C) groups is 2. The van der Waals surface area contributed by atoms with Gasteiger partial charge in [-0.1, -0.05) is 158 Å². The zero-order valence-electron chi connectivity index (χ0n) is 31.9. The summed E-state index contributed by atoms with van der Waals surface area (Å²) in [4.78, 5) is 10.5. The highest BCUT2D eigenvalue weighted by Crippen LogP contribution is 2.41. The fraction of sp³-hybridized carbons (Fsp3) is 0.0182. The van der Waals surface area contributed by atoms with E-state index in [1.165, 1.54) is 26.9 Å². The zero-order chi connectivity index (χ0) is 38.9. The van der Waals surface area contributed by atoms with Gasteiger partial charge in [0, 0.05) is 21.9 Å². The number of amidine groups is 2. The van der Waals surface area contributed by atoms with Crippen LogP contribution in [0.1, 0.15) is 22.9 Å². The molecule has 12 rings (SSSR count). The highest BCUT2D eigenvalue weighted by molar-refractivity contribution is 6.17. The fourth-order valence-corrected chi connectivity index (χ4v) is 8.87. The minimum absolute atomic E-state index is 0.347. The van der Waals surface area contributed by atoms with Gasteiger partial charge in [-0.25, -0.2) is 9.98 Å². The topological polar surface area (TPSA) is 49.9 Å². The van der Waals surface area contributed by atoms with Crippen LogP contribution >= 0.6 is 0 Å². The third-order valence-corrected chi connectivity index (χ3v) is 11.8. The number of hydrogen-bond donors (Lipinski definition) is 1. The lowest BCUT2D eigenvalue weighted by molar-refractivity contribution is 0.669. The Morgan fingerprint density at radius 1 is 0.390 bits per heavy atom. The van der Waals surface area contributed by atoms with Gasteiger partial charge in [0.05, 0.1) is 0 Å². The molecule has 2 heterocycles. The fourth-order valence-electron chi connectivity index (χ4n) is 8.87. The average molecular weight is 754 g/mol. The van der Waals surface area contributed by atoms with E-state index < -0.39 is 0 Å². The number of nitrogens with zero attached hydrogens (tertiary/aromatic N) is 2. The molecule has 1 aliphatic heterocycles. The van der Waals surface area contributed by atoms with Crippen molar-refractivity contribution in [2.45, 2.75) is 6.17 Å². The summed E-state index contributed by atoms with van der Waals surface area (Å²) in [7, 11) is 0. The maximum absolute atomic E-state index is 6.46. The second-order valence-corrected chi connectivity index (χ2v) is 15.4. The molecule has 4 nitrogen and oxygen atoms in total. The van der Waals surface area contributed by atoms with Crippen LogP contribution in [0.4, 0.5) is 0 Å². The first-order valence-corrected chi connectivity index (χ1v) is 20.1. The largest absolute Gasteiger partial charge is 0.456 e. The van der Waals surface area contributed by atoms with E-state index in [1.54, 1.807) is 0 Å². The van der Waals surface area contributed by atoms with Gasteiger partial charge < -0.3 is 9.73 Å². The molecular formula is C55H35N3O. The van der Waals surface area contributed by atoms with Crippen molar-refractivity contribution in [1.82, 2.24) is 5.32 Å². The average Bonchev–Trinajstić information content (AvgIpc) is 3.69. The summed E-state index contributed by atoms with van der Waals surface area (Å²) in [5.74, 6) is 1.51. The van der Waals surface area contributed by atoms with E-state index >= 15 is 0 Å². The normalized spacial score (nSPS) is 14.3. The van der Waals surface area contributed by atoms with E-state index in [0.29, 0.717) is 5.84 Å². The first kappa shape index (κ1) is 33.3. The van der Waals surface area contributed by atoms with E-state index in [0.717, 1.165) is 82.9 Å². The van der Waals surface area contributed by atoms with Gasteiger partial charge in [0.2, 0.25) is 0 Å². The van der Waals surface area contributed by atoms with Crippen LogP contribution < -0.4 is 5.32 Å². The Labute approximate surface area is 340 Å². The molecule has 10 aromatic carbocycles. The quantitative estimate of drug-likeness (QED) is 0.178. The molecule has 0 saturated heterocycles. The molecule has 1 N–H and O–H groups in total. The second-order valence-electron chi connectivity index (χ2n) is 15.4. The van der Waals surface area contributed by atoms with E-state index in [4.69, 9.17) is 14.4 Å². The van der Waals surface area contributed by atoms with Gasteiger partial charge in [-0.2, -0.15) is 0 Å². The summed E-state index contributed by atoms with van der Waals surface area (Å²) in [5, 5.41) is 15.5. The minimum Gasteiger partial charge on any atom is -0.456 e. The van der Waals surface area contributed by atoms with Crippen LogP contribution in [0.25, 0.3) is 87.3 Å². The Balaban J connectivity index is 0.960. The summed E-state index contributed by atoms with van der Waals surface area (Å²) in [5.41, 5.74) is 9.44. The van der Waals surface area contributed by atoms with Crippen LogP contribution in [-0.4, -0.2) is 11.7 Å². The Kier molecular flexibility index (Phi) is 7.57. The summed E-state index contributed by atoms with van der Waals surface area (Å²) >= 11 is 0. The standard InChI is InChI=1S/C55H35N3O/c1-2-10-34(11-3-1)45-32-49(52-48-16-8-9-17-50(48)59-51(52)33-45)41-23-20-39-30-43(25-21-38(39)28-41)54-56-53(42-24-18-35-12-4-5-14-37(35)29-42)57-55(58-54)44-26-27-47-40(31-44)22-19-36-13-6-7-15-46(36)47/h1-33,54H,(H,56,57,58). The van der Waals surface area contributed by atoms with Crippen LogP contribution in [-0.2, 0) is 0 Å². The van der Waals surface area contributed by atoms with Crippen molar-refractivity contribution in [3.63, 3.8) is 0 Å². The highest BCUT2D eigenvalue weighted by atomic mass is 16.3. The summed E-state index contributed by atoms with van der Waals surface area (Å²) in [6.07, 6.45) is -0.347. The SMILES string of the molecule is c1ccc(-c2cc(-c3ccc4cc(C5N=C(c6ccc7ccccc7c6)N=C(c6ccc7c(ccc8ccccc87)c6)N5)ccc4c3)c3c(c2)oc2ccccc23)cc1. The lowest BCUT2D eigenvalue weighted by atomic mass is 9.93. The lowest BCUT2D eigenvalue weighted by Crippen LogP contribution is -2.33. The molecule has 0 saturated carbocycles. The molecule has 11 aromatic rings. The molecule has 0 aliphatic carbocycles. The van der Waals surface area contributed by atoms with Gasteiger partial charge in [0.25, 0.3) is 0 Å². The molecule has 1 unspecified atom stereocenters. The third-order valence-electron chi connectivity index (χ3n) is 11.8. The van der Waals surface area contributed by atoms with Crippen LogP contribution in [0.5, 0.6) is 0 Å². The number of para-hydroxylation sites is 1. The molecule has 0 amide bonds. The van der Waals surface area contributed by atoms with Gasteiger partial charge in [0.15, 0.2) is 5.84 Å². The Morgan fingerprint density at radius 3 is 1.93 bits per heavy atom. The number of furan rings is 1. The smallest absolute Gasteiger partial charge is 0.159 e. The van der Waals surface area contributed by atoms with Gasteiger partial charge in [-0.3, -0.25) is 0 Å². The first-order chi connectivity index (χ1) is 29.2. The number of rotatable bonds is 5. The number of benzene rings is 10. The van der Waals surface area contributed by atoms with Crippen molar-refractivity contribution < 1.29 is 4.42 Å². The molecule has 1 aromatic heterocycles. The summed E-state index contributed by atoms with van der Waals surface area (Å²) in [6, 6.07) is 71.3. The van der Waals surface area contributed by atoms with Crippen molar-refractivity contribution in [3.8, 4) is 22.3 Å². The molecule has 1 aliphatic rings. The van der Waals surface area contributed by atoms with E-state index in [1.807, 2.05) is 12.1 Å². The Bertz CT molecular complexity index is 3540. The van der Waals surface area contributed by atoms with Crippen molar-refractivity contribution in [3.05, 3.63) is 217 Å². The summed E-state index contributed by atoms with van der Waals surface area (Å²) < 4.78 is 6.46. The van der Waals surface area contributed by atoms with E-state index in [2.05, 4.69) is 193 Å².